The average Bonchev–Trinajstić information content (AvgIpc) is 2.46. The molecule has 0 radical (unpaired) electrons. The normalized spacial score (nSPS) is 22.0. The van der Waals surface area contributed by atoms with Crippen molar-refractivity contribution in [3.63, 3.8) is 0 Å². The number of nitrogen functional groups attached to an aromatic ring is 1. The van der Waals surface area contributed by atoms with E-state index < -0.39 is 0 Å². The second-order valence-electron chi connectivity index (χ2n) is 5.90. The highest BCUT2D eigenvalue weighted by Crippen LogP contribution is 2.30. The quantitative estimate of drug-likeness (QED) is 0.639. The molecule has 0 aromatic heterocycles. The number of hydrogen-bond donors (Lipinski definition) is 1. The number of nitrogens with zero attached hydrogens (tertiary/aromatic N) is 1. The van der Waals surface area contributed by atoms with E-state index in [4.69, 9.17) is 5.73 Å². The van der Waals surface area contributed by atoms with Gasteiger partial charge in [0.15, 0.2) is 0 Å². The lowest BCUT2D eigenvalue weighted by atomic mass is 9.87. The minimum Gasteiger partial charge on any atom is -0.399 e. The molecule has 2 rings (SSSR count). The zero-order chi connectivity index (χ0) is 15.4. The molecule has 0 heterocycles. The minimum absolute atomic E-state index is 0.211. The van der Waals surface area contributed by atoms with Crippen molar-refractivity contribution in [1.29, 1.82) is 0 Å². The van der Waals surface area contributed by atoms with Crippen LogP contribution in [0.15, 0.2) is 27.6 Å². The number of amides is 1. The molecule has 5 heteroatoms. The van der Waals surface area contributed by atoms with E-state index in [2.05, 4.69) is 22.9 Å². The van der Waals surface area contributed by atoms with E-state index in [-0.39, 0.29) is 5.91 Å². The first-order valence-electron chi connectivity index (χ1n) is 7.41. The van der Waals surface area contributed by atoms with Crippen molar-refractivity contribution in [1.82, 2.24) is 4.90 Å². The highest BCUT2D eigenvalue weighted by atomic mass is 79.9. The van der Waals surface area contributed by atoms with Crippen molar-refractivity contribution in [2.24, 2.45) is 5.92 Å². The zero-order valence-corrected chi connectivity index (χ0v) is 15.0. The molecule has 0 bridgehead atoms. The van der Waals surface area contributed by atoms with Crippen molar-refractivity contribution in [3.05, 3.63) is 22.7 Å². The summed E-state index contributed by atoms with van der Waals surface area (Å²) in [6.07, 6.45) is 4.75. The van der Waals surface area contributed by atoms with Crippen LogP contribution in [0.25, 0.3) is 0 Å². The van der Waals surface area contributed by atoms with Crippen LogP contribution in [-0.4, -0.2) is 29.6 Å². The number of carbonyl (C=O) groups excluding carboxylic acids is 1. The summed E-state index contributed by atoms with van der Waals surface area (Å²) in [5.74, 6) is 1.50. The molecule has 1 saturated carbocycles. The second-order valence-corrected chi connectivity index (χ2v) is 7.77. The molecule has 1 fully saturated rings. The van der Waals surface area contributed by atoms with Crippen LogP contribution in [0.2, 0.25) is 0 Å². The average molecular weight is 371 g/mol. The van der Waals surface area contributed by atoms with Crippen molar-refractivity contribution in [2.45, 2.75) is 43.5 Å². The first-order valence-corrected chi connectivity index (χ1v) is 9.18. The van der Waals surface area contributed by atoms with Gasteiger partial charge < -0.3 is 10.6 Å². The predicted molar refractivity (Wildman–Crippen MR) is 93.5 cm³/mol. The molecule has 1 aromatic carbocycles. The number of halogens is 1. The molecule has 1 aliphatic rings. The van der Waals surface area contributed by atoms with Crippen LogP contribution in [0, 0.1) is 5.92 Å². The topological polar surface area (TPSA) is 46.3 Å². The van der Waals surface area contributed by atoms with Crippen molar-refractivity contribution in [3.8, 4) is 0 Å². The van der Waals surface area contributed by atoms with Gasteiger partial charge in [0.2, 0.25) is 5.91 Å². The number of rotatable bonds is 4. The lowest BCUT2D eigenvalue weighted by Crippen LogP contribution is -2.40. The van der Waals surface area contributed by atoms with Gasteiger partial charge in [-0.3, -0.25) is 4.79 Å². The van der Waals surface area contributed by atoms with Gasteiger partial charge in [-0.25, -0.2) is 0 Å². The van der Waals surface area contributed by atoms with Crippen LogP contribution >= 0.6 is 27.7 Å². The standard InChI is InChI=1S/C16H23BrN2OS/c1-11-3-6-13(7-4-11)19(2)16(20)10-21-15-8-5-12(18)9-14(15)17/h5,8-9,11,13H,3-4,6-7,10,18H2,1-2H3. The zero-order valence-electron chi connectivity index (χ0n) is 12.6. The largest absolute Gasteiger partial charge is 0.399 e. The van der Waals surface area contributed by atoms with Gasteiger partial charge in [0.25, 0.3) is 0 Å². The fraction of sp³-hybridized carbons (Fsp3) is 0.562. The highest BCUT2D eigenvalue weighted by Gasteiger charge is 2.24. The van der Waals surface area contributed by atoms with Crippen LogP contribution < -0.4 is 5.73 Å². The van der Waals surface area contributed by atoms with Gasteiger partial charge >= 0.3 is 0 Å². The molecule has 0 saturated heterocycles. The van der Waals surface area contributed by atoms with E-state index in [1.807, 2.05) is 30.1 Å². The SMILES string of the molecule is CC1CCC(N(C)C(=O)CSc2ccc(N)cc2Br)CC1. The Morgan fingerprint density at radius 2 is 2.05 bits per heavy atom. The molecule has 2 N–H and O–H groups in total. The van der Waals surface area contributed by atoms with Gasteiger partial charge in [-0.1, -0.05) is 6.92 Å². The summed E-state index contributed by atoms with van der Waals surface area (Å²) in [6, 6.07) is 6.12. The molecular formula is C16H23BrN2OS. The number of hydrogen-bond acceptors (Lipinski definition) is 3. The molecule has 0 atom stereocenters. The van der Waals surface area contributed by atoms with E-state index >= 15 is 0 Å². The summed E-state index contributed by atoms with van der Waals surface area (Å²) in [7, 11) is 1.95. The van der Waals surface area contributed by atoms with Crippen LogP contribution in [0.1, 0.15) is 32.6 Å². The monoisotopic (exact) mass is 370 g/mol. The molecule has 3 nitrogen and oxygen atoms in total. The first-order chi connectivity index (χ1) is 9.97. The fourth-order valence-corrected chi connectivity index (χ4v) is 4.29. The van der Waals surface area contributed by atoms with Crippen LogP contribution in [-0.2, 0) is 4.79 Å². The van der Waals surface area contributed by atoms with Crippen LogP contribution in [0.5, 0.6) is 0 Å². The number of thioether (sulfide) groups is 1. The van der Waals surface area contributed by atoms with Gasteiger partial charge in [-0.15, -0.1) is 11.8 Å². The predicted octanol–water partition coefficient (Wildman–Crippen LogP) is 4.16. The Bertz CT molecular complexity index is 501. The van der Waals surface area contributed by atoms with Crippen molar-refractivity contribution in [2.75, 3.05) is 18.5 Å². The number of nitrogens with two attached hydrogens (primary N) is 1. The van der Waals surface area contributed by atoms with E-state index in [0.717, 1.165) is 33.8 Å². The summed E-state index contributed by atoms with van der Waals surface area (Å²) in [5.41, 5.74) is 6.45. The maximum Gasteiger partial charge on any atom is 0.232 e. The van der Waals surface area contributed by atoms with Crippen LogP contribution in [0.4, 0.5) is 5.69 Å². The summed E-state index contributed by atoms with van der Waals surface area (Å²) >= 11 is 5.05. The number of carbonyl (C=O) groups is 1. The van der Waals surface area contributed by atoms with E-state index in [9.17, 15) is 4.79 Å². The van der Waals surface area contributed by atoms with Crippen molar-refractivity contribution >= 4 is 39.3 Å². The van der Waals surface area contributed by atoms with Gasteiger partial charge in [-0.05, 0) is 65.7 Å². The lowest BCUT2D eigenvalue weighted by Gasteiger charge is -2.33. The molecule has 0 unspecified atom stereocenters. The minimum atomic E-state index is 0.211. The Balaban J connectivity index is 1.86. The van der Waals surface area contributed by atoms with Crippen molar-refractivity contribution < 1.29 is 4.79 Å². The number of benzene rings is 1. The Labute approximate surface area is 139 Å². The van der Waals surface area contributed by atoms with E-state index in [1.165, 1.54) is 12.8 Å². The second kappa shape index (κ2) is 7.54. The Kier molecular flexibility index (Phi) is 5.99. The third kappa shape index (κ3) is 4.65. The Morgan fingerprint density at radius 1 is 1.38 bits per heavy atom. The molecule has 1 aliphatic carbocycles. The lowest BCUT2D eigenvalue weighted by molar-refractivity contribution is -0.129. The molecule has 0 aliphatic heterocycles. The summed E-state index contributed by atoms with van der Waals surface area (Å²) in [5, 5.41) is 0. The summed E-state index contributed by atoms with van der Waals surface area (Å²) in [6.45, 7) is 2.30. The molecule has 0 spiro atoms. The Morgan fingerprint density at radius 3 is 2.67 bits per heavy atom. The fourth-order valence-electron chi connectivity index (χ4n) is 2.71. The molecular weight excluding hydrogens is 348 g/mol. The molecule has 1 aromatic rings. The third-order valence-electron chi connectivity index (χ3n) is 4.23. The van der Waals surface area contributed by atoms with E-state index in [0.29, 0.717) is 11.8 Å². The Hall–Kier alpha value is -0.680. The third-order valence-corrected chi connectivity index (χ3v) is 6.21. The maximum atomic E-state index is 12.3. The first kappa shape index (κ1) is 16.7. The highest BCUT2D eigenvalue weighted by molar-refractivity contribution is 9.10. The maximum absolute atomic E-state index is 12.3. The van der Waals surface area contributed by atoms with Gasteiger partial charge in [0.1, 0.15) is 0 Å². The summed E-state index contributed by atoms with van der Waals surface area (Å²) in [4.78, 5) is 15.3. The van der Waals surface area contributed by atoms with Gasteiger partial charge in [0, 0.05) is 28.1 Å². The van der Waals surface area contributed by atoms with Crippen LogP contribution in [0.3, 0.4) is 0 Å². The van der Waals surface area contributed by atoms with E-state index in [1.54, 1.807) is 11.8 Å². The van der Waals surface area contributed by atoms with Gasteiger partial charge in [0.05, 0.1) is 5.75 Å². The van der Waals surface area contributed by atoms with Gasteiger partial charge in [-0.2, -0.15) is 0 Å². The number of anilines is 1. The molecule has 116 valence electrons. The summed E-state index contributed by atoms with van der Waals surface area (Å²) < 4.78 is 0.953. The molecule has 1 amide bonds. The smallest absolute Gasteiger partial charge is 0.232 e. The molecule has 21 heavy (non-hydrogen) atoms.